The zero-order valence-electron chi connectivity index (χ0n) is 16.7. The molecule has 4 aromatic rings. The number of fused-ring (bicyclic) bond motifs is 3. The number of sulfonamides is 1. The molecule has 0 fully saturated rings. The molecule has 1 aliphatic carbocycles. The highest BCUT2D eigenvalue weighted by atomic mass is 32.2. The average Bonchev–Trinajstić information content (AvgIpc) is 3.46. The Hall–Kier alpha value is -2.77. The number of nitrogens with one attached hydrogen (secondary N) is 2. The van der Waals surface area contributed by atoms with Gasteiger partial charge >= 0.3 is 0 Å². The molecule has 0 saturated carbocycles. The Morgan fingerprint density at radius 1 is 1.17 bits per heavy atom. The van der Waals surface area contributed by atoms with Gasteiger partial charge in [0.05, 0.1) is 12.8 Å². The number of rotatable bonds is 5. The lowest BCUT2D eigenvalue weighted by Crippen LogP contribution is -2.14. The summed E-state index contributed by atoms with van der Waals surface area (Å²) in [7, 11) is -1.93. The van der Waals surface area contributed by atoms with Crippen LogP contribution in [0.4, 0.5) is 5.69 Å². The molecule has 1 atom stereocenters. The fourth-order valence-electron chi connectivity index (χ4n) is 4.36. The van der Waals surface area contributed by atoms with Crippen molar-refractivity contribution in [3.63, 3.8) is 0 Å². The number of benzene rings is 2. The summed E-state index contributed by atoms with van der Waals surface area (Å²) in [5.41, 5.74) is 6.30. The summed E-state index contributed by atoms with van der Waals surface area (Å²) in [6.45, 7) is 2.03. The lowest BCUT2D eigenvalue weighted by molar-refractivity contribution is 0.415. The number of thiophene rings is 1. The van der Waals surface area contributed by atoms with E-state index in [1.165, 1.54) is 28.0 Å². The van der Waals surface area contributed by atoms with Crippen molar-refractivity contribution in [2.75, 3.05) is 11.8 Å². The van der Waals surface area contributed by atoms with E-state index in [4.69, 9.17) is 4.74 Å². The first kappa shape index (κ1) is 19.2. The van der Waals surface area contributed by atoms with Gasteiger partial charge in [-0.3, -0.25) is 4.72 Å². The van der Waals surface area contributed by atoms with Gasteiger partial charge in [-0.15, -0.1) is 11.3 Å². The highest BCUT2D eigenvalue weighted by molar-refractivity contribution is 7.94. The van der Waals surface area contributed by atoms with Crippen LogP contribution < -0.4 is 9.46 Å². The van der Waals surface area contributed by atoms with E-state index < -0.39 is 10.0 Å². The zero-order chi connectivity index (χ0) is 20.9. The predicted molar refractivity (Wildman–Crippen MR) is 121 cm³/mol. The maximum Gasteiger partial charge on any atom is 0.271 e. The minimum Gasteiger partial charge on any atom is -0.497 e. The maximum atomic E-state index is 12.8. The summed E-state index contributed by atoms with van der Waals surface area (Å²) in [6, 6.07) is 15.4. The molecule has 2 aromatic heterocycles. The van der Waals surface area contributed by atoms with Gasteiger partial charge in [0.2, 0.25) is 0 Å². The summed E-state index contributed by atoms with van der Waals surface area (Å²) in [5, 5.41) is 2.95. The number of H-pyrrole nitrogens is 1. The van der Waals surface area contributed by atoms with E-state index in [1.807, 2.05) is 31.2 Å². The van der Waals surface area contributed by atoms with Crippen LogP contribution in [0.3, 0.4) is 0 Å². The third-order valence-electron chi connectivity index (χ3n) is 5.76. The summed E-state index contributed by atoms with van der Waals surface area (Å²) >= 11 is 1.22. The zero-order valence-corrected chi connectivity index (χ0v) is 18.4. The SMILES string of the molecule is COc1ccc2[nH]c3c(c2c1)CCC3c1cc(C)ccc1NS(=O)(=O)c1cccs1. The Morgan fingerprint density at radius 3 is 2.80 bits per heavy atom. The Labute approximate surface area is 179 Å². The molecule has 154 valence electrons. The Morgan fingerprint density at radius 2 is 2.03 bits per heavy atom. The molecular formula is C23H22N2O3S2. The number of aryl methyl sites for hydroxylation is 2. The molecule has 1 unspecified atom stereocenters. The van der Waals surface area contributed by atoms with Gasteiger partial charge < -0.3 is 9.72 Å². The Kier molecular flexibility index (Phi) is 4.60. The first-order chi connectivity index (χ1) is 14.5. The normalized spacial score (nSPS) is 16.0. The van der Waals surface area contributed by atoms with Crippen LogP contribution in [0.25, 0.3) is 10.9 Å². The van der Waals surface area contributed by atoms with Gasteiger partial charge in [0.1, 0.15) is 9.96 Å². The fraction of sp³-hybridized carbons (Fsp3) is 0.217. The van der Waals surface area contributed by atoms with Crippen molar-refractivity contribution >= 4 is 38.0 Å². The van der Waals surface area contributed by atoms with Crippen molar-refractivity contribution in [2.45, 2.75) is 29.9 Å². The molecule has 5 nitrogen and oxygen atoms in total. The predicted octanol–water partition coefficient (Wildman–Crippen LogP) is 5.43. The van der Waals surface area contributed by atoms with Crippen molar-refractivity contribution in [1.29, 1.82) is 0 Å². The molecule has 0 bridgehead atoms. The molecule has 2 N–H and O–H groups in total. The minimum absolute atomic E-state index is 0.110. The summed E-state index contributed by atoms with van der Waals surface area (Å²) in [6.07, 6.45) is 1.88. The average molecular weight is 439 g/mol. The monoisotopic (exact) mass is 438 g/mol. The number of aromatic amines is 1. The largest absolute Gasteiger partial charge is 0.497 e. The van der Waals surface area contributed by atoms with E-state index in [2.05, 4.69) is 21.8 Å². The van der Waals surface area contributed by atoms with Crippen LogP contribution in [0.1, 0.15) is 34.7 Å². The van der Waals surface area contributed by atoms with Crippen LogP contribution in [0, 0.1) is 6.92 Å². The van der Waals surface area contributed by atoms with Crippen LogP contribution in [-0.4, -0.2) is 20.5 Å². The number of ether oxygens (including phenoxy) is 1. The van der Waals surface area contributed by atoms with Crippen LogP contribution in [0.15, 0.2) is 58.1 Å². The third-order valence-corrected chi connectivity index (χ3v) is 8.53. The van der Waals surface area contributed by atoms with Crippen molar-refractivity contribution in [1.82, 2.24) is 4.98 Å². The molecule has 2 heterocycles. The van der Waals surface area contributed by atoms with Crippen molar-refractivity contribution in [3.8, 4) is 5.75 Å². The minimum atomic E-state index is -3.60. The Bertz CT molecular complexity index is 1340. The molecular weight excluding hydrogens is 416 g/mol. The maximum absolute atomic E-state index is 12.8. The van der Waals surface area contributed by atoms with Crippen LogP contribution in [-0.2, 0) is 16.4 Å². The lowest BCUT2D eigenvalue weighted by Gasteiger charge is -2.18. The topological polar surface area (TPSA) is 71.2 Å². The van der Waals surface area contributed by atoms with Crippen LogP contribution in [0.5, 0.6) is 5.75 Å². The molecule has 0 radical (unpaired) electrons. The van der Waals surface area contributed by atoms with Gasteiger partial charge in [-0.05, 0) is 66.6 Å². The molecule has 5 rings (SSSR count). The summed E-state index contributed by atoms with van der Waals surface area (Å²) in [5.74, 6) is 0.951. The van der Waals surface area contributed by atoms with Crippen molar-refractivity contribution < 1.29 is 13.2 Å². The molecule has 0 saturated heterocycles. The standard InChI is InChI=1S/C23H22N2O3S2/c1-14-5-9-21(25-30(26,27)22-4-3-11-29-22)18(12-14)16-7-8-17-19-13-15(28-2)6-10-20(19)24-23(16)17/h3-6,9-13,16,24-25H,7-8H2,1-2H3. The highest BCUT2D eigenvalue weighted by Gasteiger charge is 2.30. The first-order valence-electron chi connectivity index (χ1n) is 9.81. The van der Waals surface area contributed by atoms with E-state index in [1.54, 1.807) is 24.6 Å². The fourth-order valence-corrected chi connectivity index (χ4v) is 6.44. The third kappa shape index (κ3) is 3.18. The summed E-state index contributed by atoms with van der Waals surface area (Å²) in [4.78, 5) is 3.58. The van der Waals surface area contributed by atoms with E-state index in [-0.39, 0.29) is 5.92 Å². The molecule has 0 aliphatic heterocycles. The number of methoxy groups -OCH3 is 1. The number of aromatic nitrogens is 1. The molecule has 7 heteroatoms. The first-order valence-corrected chi connectivity index (χ1v) is 12.2. The smallest absolute Gasteiger partial charge is 0.271 e. The van der Waals surface area contributed by atoms with Gasteiger partial charge in [-0.2, -0.15) is 0 Å². The number of hydrogen-bond acceptors (Lipinski definition) is 4. The van der Waals surface area contributed by atoms with E-state index in [9.17, 15) is 8.42 Å². The second-order valence-corrected chi connectivity index (χ2v) is 10.5. The van der Waals surface area contributed by atoms with Gasteiger partial charge in [-0.1, -0.05) is 23.8 Å². The second-order valence-electron chi connectivity index (χ2n) is 7.65. The summed E-state index contributed by atoms with van der Waals surface area (Å²) < 4.78 is 34.2. The van der Waals surface area contributed by atoms with Crippen LogP contribution in [0.2, 0.25) is 0 Å². The van der Waals surface area contributed by atoms with E-state index in [0.29, 0.717) is 9.90 Å². The molecule has 30 heavy (non-hydrogen) atoms. The van der Waals surface area contributed by atoms with Gasteiger partial charge in [0.15, 0.2) is 0 Å². The van der Waals surface area contributed by atoms with Gasteiger partial charge in [0.25, 0.3) is 10.0 Å². The highest BCUT2D eigenvalue weighted by Crippen LogP contribution is 2.44. The van der Waals surface area contributed by atoms with Crippen molar-refractivity contribution in [3.05, 3.63) is 76.3 Å². The molecule has 0 amide bonds. The van der Waals surface area contributed by atoms with Crippen LogP contribution >= 0.6 is 11.3 Å². The van der Waals surface area contributed by atoms with Gasteiger partial charge in [0, 0.05) is 22.5 Å². The van der Waals surface area contributed by atoms with Crippen molar-refractivity contribution in [2.24, 2.45) is 0 Å². The van der Waals surface area contributed by atoms with Gasteiger partial charge in [-0.25, -0.2) is 8.42 Å². The molecule has 1 aliphatic rings. The van der Waals surface area contributed by atoms with E-state index in [0.717, 1.165) is 35.2 Å². The van der Waals surface area contributed by atoms with E-state index >= 15 is 0 Å². The number of hydrogen-bond donors (Lipinski definition) is 2. The Balaban J connectivity index is 1.59. The molecule has 0 spiro atoms. The quantitative estimate of drug-likeness (QED) is 0.437. The lowest BCUT2D eigenvalue weighted by atomic mass is 9.94. The number of anilines is 1. The molecule has 2 aromatic carbocycles. The second kappa shape index (κ2) is 7.18.